The molecule has 0 aliphatic carbocycles. The summed E-state index contributed by atoms with van der Waals surface area (Å²) in [5.74, 6) is -1.39. The van der Waals surface area contributed by atoms with Crippen LogP contribution in [-0.2, 0) is 26.2 Å². The van der Waals surface area contributed by atoms with Crippen molar-refractivity contribution in [2.75, 3.05) is 18.0 Å². The van der Waals surface area contributed by atoms with Crippen molar-refractivity contribution in [3.05, 3.63) is 89.2 Å². The minimum atomic E-state index is -4.27. The molecule has 0 heterocycles. The molecule has 0 saturated carbocycles. The predicted octanol–water partition coefficient (Wildman–Crippen LogP) is 4.98. The van der Waals surface area contributed by atoms with Gasteiger partial charge in [-0.05, 0) is 70.0 Å². The van der Waals surface area contributed by atoms with Crippen molar-refractivity contribution in [1.29, 1.82) is 0 Å². The van der Waals surface area contributed by atoms with Gasteiger partial charge in [0, 0.05) is 18.2 Å². The van der Waals surface area contributed by atoms with Crippen LogP contribution >= 0.6 is 0 Å². The Morgan fingerprint density at radius 1 is 0.976 bits per heavy atom. The summed E-state index contributed by atoms with van der Waals surface area (Å²) >= 11 is 0. The molecule has 0 unspecified atom stereocenters. The Hall–Kier alpha value is -3.92. The van der Waals surface area contributed by atoms with Crippen molar-refractivity contribution in [2.45, 2.75) is 64.6 Å². The Labute approximate surface area is 242 Å². The lowest BCUT2D eigenvalue weighted by atomic mass is 10.1. The summed E-state index contributed by atoms with van der Waals surface area (Å²) in [5, 5.41) is 2.86. The Morgan fingerprint density at radius 3 is 2.22 bits per heavy atom. The molecule has 41 heavy (non-hydrogen) atoms. The molecule has 8 nitrogen and oxygen atoms in total. The van der Waals surface area contributed by atoms with Gasteiger partial charge in [0.1, 0.15) is 24.2 Å². The summed E-state index contributed by atoms with van der Waals surface area (Å²) in [5.41, 5.74) is 1.99. The minimum absolute atomic E-state index is 0.0114. The van der Waals surface area contributed by atoms with Gasteiger partial charge in [0.15, 0.2) is 0 Å². The van der Waals surface area contributed by atoms with Crippen LogP contribution in [0, 0.1) is 19.7 Å². The Balaban J connectivity index is 2.11. The SMILES string of the molecule is CC[C@@H](C)NC(=O)[C@@H](C)N(Cc1ccccc1F)C(=O)CN(c1cc(C)ccc1OC)S(=O)(=O)c1ccc(C)cc1. The number of rotatable bonds is 12. The van der Waals surface area contributed by atoms with E-state index in [4.69, 9.17) is 4.74 Å². The first kappa shape index (κ1) is 31.6. The van der Waals surface area contributed by atoms with E-state index in [1.54, 1.807) is 50.2 Å². The summed E-state index contributed by atoms with van der Waals surface area (Å²) < 4.78 is 49.2. The third kappa shape index (κ3) is 7.64. The van der Waals surface area contributed by atoms with Crippen molar-refractivity contribution in [3.63, 3.8) is 0 Å². The molecule has 0 saturated heterocycles. The molecular weight excluding hydrogens is 545 g/mol. The van der Waals surface area contributed by atoms with E-state index in [1.165, 1.54) is 42.3 Å². The van der Waals surface area contributed by atoms with E-state index >= 15 is 0 Å². The zero-order valence-corrected chi connectivity index (χ0v) is 25.2. The topological polar surface area (TPSA) is 96.0 Å². The second kappa shape index (κ2) is 13.6. The van der Waals surface area contributed by atoms with Crippen LogP contribution in [0.2, 0.25) is 0 Å². The summed E-state index contributed by atoms with van der Waals surface area (Å²) in [6, 6.07) is 16.1. The summed E-state index contributed by atoms with van der Waals surface area (Å²) in [7, 11) is -2.85. The van der Waals surface area contributed by atoms with Gasteiger partial charge in [-0.2, -0.15) is 0 Å². The number of ether oxygens (including phenoxy) is 1. The first-order valence-electron chi connectivity index (χ1n) is 13.5. The maximum absolute atomic E-state index is 14.7. The molecule has 2 atom stereocenters. The maximum atomic E-state index is 14.7. The maximum Gasteiger partial charge on any atom is 0.264 e. The second-order valence-corrected chi connectivity index (χ2v) is 12.0. The fourth-order valence-corrected chi connectivity index (χ4v) is 5.62. The molecular formula is C31H38FN3O5S. The normalized spacial score (nSPS) is 12.8. The first-order valence-corrected chi connectivity index (χ1v) is 14.9. The molecule has 0 aliphatic rings. The van der Waals surface area contributed by atoms with Crippen molar-refractivity contribution < 1.29 is 27.1 Å². The molecule has 3 rings (SSSR count). The van der Waals surface area contributed by atoms with Crippen LogP contribution < -0.4 is 14.4 Å². The standard InChI is InChI=1S/C31H38FN3O5S/c1-7-23(4)33-31(37)24(5)34(19-25-10-8-9-11-27(25)32)30(36)20-35(28-18-22(3)14-17-29(28)40-6)41(38,39)26-15-12-21(2)13-16-26/h8-18,23-24H,7,19-20H2,1-6H3,(H,33,37)/t23-,24-/m1/s1. The molecule has 0 bridgehead atoms. The average molecular weight is 584 g/mol. The minimum Gasteiger partial charge on any atom is -0.495 e. The fourth-order valence-electron chi connectivity index (χ4n) is 4.20. The first-order chi connectivity index (χ1) is 19.4. The molecule has 10 heteroatoms. The van der Waals surface area contributed by atoms with Gasteiger partial charge in [-0.1, -0.05) is 48.9 Å². The number of halogens is 1. The smallest absolute Gasteiger partial charge is 0.264 e. The van der Waals surface area contributed by atoms with E-state index in [-0.39, 0.29) is 34.5 Å². The molecule has 0 spiro atoms. The van der Waals surface area contributed by atoms with Crippen molar-refractivity contribution in [2.24, 2.45) is 0 Å². The van der Waals surface area contributed by atoms with E-state index in [0.717, 1.165) is 15.4 Å². The summed E-state index contributed by atoms with van der Waals surface area (Å²) in [6.07, 6.45) is 0.676. The number of sulfonamides is 1. The van der Waals surface area contributed by atoms with Crippen molar-refractivity contribution in [1.82, 2.24) is 10.2 Å². The third-order valence-corrected chi connectivity index (χ3v) is 8.73. The number of hydrogen-bond donors (Lipinski definition) is 1. The third-order valence-electron chi connectivity index (χ3n) is 6.96. The molecule has 0 aliphatic heterocycles. The monoisotopic (exact) mass is 583 g/mol. The van der Waals surface area contributed by atoms with Gasteiger partial charge in [-0.15, -0.1) is 0 Å². The number of carbonyl (C=O) groups excluding carboxylic acids is 2. The van der Waals surface area contributed by atoms with Crippen LogP contribution in [0.1, 0.15) is 43.9 Å². The van der Waals surface area contributed by atoms with E-state index in [0.29, 0.717) is 6.42 Å². The van der Waals surface area contributed by atoms with Gasteiger partial charge < -0.3 is 15.0 Å². The van der Waals surface area contributed by atoms with Gasteiger partial charge in [-0.25, -0.2) is 12.8 Å². The molecule has 3 aromatic rings. The van der Waals surface area contributed by atoms with Gasteiger partial charge >= 0.3 is 0 Å². The number of aryl methyl sites for hydroxylation is 2. The van der Waals surface area contributed by atoms with Gasteiger partial charge in [0.2, 0.25) is 11.8 Å². The molecule has 3 aromatic carbocycles. The molecule has 1 N–H and O–H groups in total. The van der Waals surface area contributed by atoms with E-state index in [9.17, 15) is 22.4 Å². The van der Waals surface area contributed by atoms with Crippen LogP contribution in [0.5, 0.6) is 5.75 Å². The van der Waals surface area contributed by atoms with Gasteiger partial charge in [-0.3, -0.25) is 13.9 Å². The fraction of sp³-hybridized carbons (Fsp3) is 0.355. The highest BCUT2D eigenvalue weighted by atomic mass is 32.2. The van der Waals surface area contributed by atoms with E-state index in [1.807, 2.05) is 20.8 Å². The highest BCUT2D eigenvalue weighted by Crippen LogP contribution is 2.34. The number of anilines is 1. The number of hydrogen-bond acceptors (Lipinski definition) is 5. The lowest BCUT2D eigenvalue weighted by Gasteiger charge is -2.33. The largest absolute Gasteiger partial charge is 0.495 e. The van der Waals surface area contributed by atoms with Crippen LogP contribution in [0.25, 0.3) is 0 Å². The van der Waals surface area contributed by atoms with Crippen molar-refractivity contribution >= 4 is 27.5 Å². The average Bonchev–Trinajstić information content (AvgIpc) is 2.95. The highest BCUT2D eigenvalue weighted by Gasteiger charge is 2.34. The zero-order valence-electron chi connectivity index (χ0n) is 24.3. The second-order valence-electron chi connectivity index (χ2n) is 10.1. The van der Waals surface area contributed by atoms with E-state index < -0.39 is 40.2 Å². The number of benzene rings is 3. The van der Waals surface area contributed by atoms with Crippen LogP contribution in [-0.4, -0.2) is 50.9 Å². The predicted molar refractivity (Wildman–Crippen MR) is 158 cm³/mol. The molecule has 0 fully saturated rings. The Morgan fingerprint density at radius 2 is 1.61 bits per heavy atom. The number of nitrogens with zero attached hydrogens (tertiary/aromatic N) is 2. The lowest BCUT2D eigenvalue weighted by Crippen LogP contribution is -2.52. The van der Waals surface area contributed by atoms with E-state index in [2.05, 4.69) is 5.32 Å². The number of amides is 2. The Bertz CT molecular complexity index is 1480. The highest BCUT2D eigenvalue weighted by molar-refractivity contribution is 7.92. The van der Waals surface area contributed by atoms with Crippen LogP contribution in [0.4, 0.5) is 10.1 Å². The number of carbonyl (C=O) groups is 2. The molecule has 220 valence electrons. The summed E-state index contributed by atoms with van der Waals surface area (Å²) in [6.45, 7) is 8.06. The quantitative estimate of drug-likeness (QED) is 0.325. The van der Waals surface area contributed by atoms with Crippen LogP contribution in [0.15, 0.2) is 71.6 Å². The summed E-state index contributed by atoms with van der Waals surface area (Å²) in [4.78, 5) is 28.4. The lowest BCUT2D eigenvalue weighted by molar-refractivity contribution is -0.139. The van der Waals surface area contributed by atoms with Crippen LogP contribution in [0.3, 0.4) is 0 Å². The molecule has 0 radical (unpaired) electrons. The number of methoxy groups -OCH3 is 1. The van der Waals surface area contributed by atoms with Crippen molar-refractivity contribution in [3.8, 4) is 5.75 Å². The zero-order chi connectivity index (χ0) is 30.3. The van der Waals surface area contributed by atoms with Gasteiger partial charge in [0.05, 0.1) is 17.7 Å². The number of nitrogens with one attached hydrogen (secondary N) is 1. The molecule has 2 amide bonds. The van der Waals surface area contributed by atoms with Gasteiger partial charge in [0.25, 0.3) is 10.0 Å². The molecule has 0 aromatic heterocycles. The Kier molecular flexibility index (Phi) is 10.5.